The minimum atomic E-state index is 0.128. The maximum absolute atomic E-state index is 12.1. The quantitative estimate of drug-likeness (QED) is 0.755. The van der Waals surface area contributed by atoms with Crippen LogP contribution < -0.4 is 4.74 Å². The highest BCUT2D eigenvalue weighted by molar-refractivity contribution is 5.96. The first-order chi connectivity index (χ1) is 9.15. The molecule has 0 spiro atoms. The zero-order valence-electron chi connectivity index (χ0n) is 11.3. The molecule has 0 heterocycles. The lowest BCUT2D eigenvalue weighted by Crippen LogP contribution is -2.07. The van der Waals surface area contributed by atoms with Crippen LogP contribution in [0.1, 0.15) is 27.9 Å². The average molecular weight is 254 g/mol. The van der Waals surface area contributed by atoms with Crippen molar-refractivity contribution in [2.45, 2.75) is 20.3 Å². The summed E-state index contributed by atoms with van der Waals surface area (Å²) in [6, 6.07) is 15.5. The van der Waals surface area contributed by atoms with Crippen LogP contribution in [-0.2, 0) is 0 Å². The van der Waals surface area contributed by atoms with E-state index in [9.17, 15) is 4.79 Å². The molecule has 0 unspecified atom stereocenters. The highest BCUT2D eigenvalue weighted by Crippen LogP contribution is 2.12. The van der Waals surface area contributed by atoms with E-state index in [-0.39, 0.29) is 5.78 Å². The Labute approximate surface area is 114 Å². The first-order valence-electron chi connectivity index (χ1n) is 6.44. The molecule has 0 fully saturated rings. The summed E-state index contributed by atoms with van der Waals surface area (Å²) in [4.78, 5) is 12.1. The molecule has 2 rings (SSSR count). The lowest BCUT2D eigenvalue weighted by atomic mass is 10.0. The number of aryl methyl sites for hydroxylation is 2. The molecule has 0 saturated heterocycles. The number of hydrogen-bond donors (Lipinski definition) is 0. The lowest BCUT2D eigenvalue weighted by molar-refractivity contribution is 0.0962. The van der Waals surface area contributed by atoms with Gasteiger partial charge in [-0.1, -0.05) is 35.4 Å². The van der Waals surface area contributed by atoms with Gasteiger partial charge in [-0.15, -0.1) is 0 Å². The predicted molar refractivity (Wildman–Crippen MR) is 76.8 cm³/mol. The molecule has 0 N–H and O–H groups in total. The van der Waals surface area contributed by atoms with Gasteiger partial charge in [0.05, 0.1) is 6.61 Å². The number of benzene rings is 2. The van der Waals surface area contributed by atoms with Crippen LogP contribution in [0.25, 0.3) is 0 Å². The molecule has 2 nitrogen and oxygen atoms in total. The van der Waals surface area contributed by atoms with Crippen molar-refractivity contribution in [2.75, 3.05) is 6.61 Å². The van der Waals surface area contributed by atoms with Gasteiger partial charge in [-0.3, -0.25) is 4.79 Å². The third-order valence-corrected chi connectivity index (χ3v) is 2.88. The molecule has 0 atom stereocenters. The van der Waals surface area contributed by atoms with Crippen LogP contribution in [0.3, 0.4) is 0 Å². The SMILES string of the molecule is Cc1cc(C)cc(C(=O)CCOc2ccccc2)c1. The predicted octanol–water partition coefficient (Wildman–Crippen LogP) is 3.96. The van der Waals surface area contributed by atoms with Gasteiger partial charge in [-0.05, 0) is 38.1 Å². The summed E-state index contributed by atoms with van der Waals surface area (Å²) in [5.41, 5.74) is 3.01. The molecule has 2 heteroatoms. The summed E-state index contributed by atoms with van der Waals surface area (Å²) < 4.78 is 5.54. The van der Waals surface area contributed by atoms with Crippen molar-refractivity contribution in [1.82, 2.24) is 0 Å². The molecular weight excluding hydrogens is 236 g/mol. The van der Waals surface area contributed by atoms with Crippen LogP contribution in [0.15, 0.2) is 48.5 Å². The fraction of sp³-hybridized carbons (Fsp3) is 0.235. The molecule has 0 bridgehead atoms. The van der Waals surface area contributed by atoms with E-state index < -0.39 is 0 Å². The summed E-state index contributed by atoms with van der Waals surface area (Å²) in [6.45, 7) is 4.42. The third kappa shape index (κ3) is 3.95. The van der Waals surface area contributed by atoms with E-state index >= 15 is 0 Å². The van der Waals surface area contributed by atoms with Crippen molar-refractivity contribution < 1.29 is 9.53 Å². The summed E-state index contributed by atoms with van der Waals surface area (Å²) >= 11 is 0. The average Bonchev–Trinajstić information content (AvgIpc) is 2.38. The van der Waals surface area contributed by atoms with Crippen LogP contribution in [0.5, 0.6) is 5.75 Å². The second-order valence-corrected chi connectivity index (χ2v) is 4.71. The Morgan fingerprint density at radius 3 is 2.26 bits per heavy atom. The molecule has 0 aliphatic carbocycles. The smallest absolute Gasteiger partial charge is 0.166 e. The van der Waals surface area contributed by atoms with Gasteiger partial charge in [-0.25, -0.2) is 0 Å². The number of Topliss-reactive ketones (excluding diaryl/α,β-unsaturated/α-hetero) is 1. The van der Waals surface area contributed by atoms with Gasteiger partial charge in [-0.2, -0.15) is 0 Å². The number of ketones is 1. The monoisotopic (exact) mass is 254 g/mol. The van der Waals surface area contributed by atoms with Crippen molar-refractivity contribution in [3.63, 3.8) is 0 Å². The van der Waals surface area contributed by atoms with Gasteiger partial charge in [0.25, 0.3) is 0 Å². The molecule has 19 heavy (non-hydrogen) atoms. The van der Waals surface area contributed by atoms with Gasteiger partial charge < -0.3 is 4.74 Å². The molecule has 2 aromatic rings. The number of para-hydroxylation sites is 1. The summed E-state index contributed by atoms with van der Waals surface area (Å²) in [5.74, 6) is 0.929. The van der Waals surface area contributed by atoms with E-state index in [0.29, 0.717) is 13.0 Å². The standard InChI is InChI=1S/C17H18O2/c1-13-10-14(2)12-15(11-13)17(18)8-9-19-16-6-4-3-5-7-16/h3-7,10-12H,8-9H2,1-2H3. The van der Waals surface area contributed by atoms with E-state index in [1.165, 1.54) is 0 Å². The van der Waals surface area contributed by atoms with Gasteiger partial charge in [0.2, 0.25) is 0 Å². The first kappa shape index (κ1) is 13.3. The topological polar surface area (TPSA) is 26.3 Å². The van der Waals surface area contributed by atoms with Crippen LogP contribution in [0.4, 0.5) is 0 Å². The van der Waals surface area contributed by atoms with Gasteiger partial charge in [0, 0.05) is 12.0 Å². The number of carbonyl (C=O) groups is 1. The second-order valence-electron chi connectivity index (χ2n) is 4.71. The molecule has 98 valence electrons. The van der Waals surface area contributed by atoms with Crippen LogP contribution in [-0.4, -0.2) is 12.4 Å². The van der Waals surface area contributed by atoms with Crippen molar-refractivity contribution in [2.24, 2.45) is 0 Å². The van der Waals surface area contributed by atoms with Gasteiger partial charge in [0.1, 0.15) is 5.75 Å². The number of hydrogen-bond acceptors (Lipinski definition) is 2. The lowest BCUT2D eigenvalue weighted by Gasteiger charge is -2.06. The first-order valence-corrected chi connectivity index (χ1v) is 6.44. The Morgan fingerprint density at radius 1 is 1.00 bits per heavy atom. The van der Waals surface area contributed by atoms with E-state index in [1.54, 1.807) is 0 Å². The zero-order valence-corrected chi connectivity index (χ0v) is 11.3. The highest BCUT2D eigenvalue weighted by atomic mass is 16.5. The van der Waals surface area contributed by atoms with E-state index in [4.69, 9.17) is 4.74 Å². The molecule has 0 aliphatic heterocycles. The van der Waals surface area contributed by atoms with E-state index in [2.05, 4.69) is 6.07 Å². The summed E-state index contributed by atoms with van der Waals surface area (Å²) in [7, 11) is 0. The van der Waals surface area contributed by atoms with Crippen molar-refractivity contribution in [3.05, 3.63) is 65.2 Å². The Balaban J connectivity index is 1.91. The number of carbonyl (C=O) groups excluding carboxylic acids is 1. The van der Waals surface area contributed by atoms with Gasteiger partial charge in [0.15, 0.2) is 5.78 Å². The van der Waals surface area contributed by atoms with Crippen LogP contribution in [0, 0.1) is 13.8 Å². The van der Waals surface area contributed by atoms with E-state index in [1.807, 2.05) is 56.3 Å². The Morgan fingerprint density at radius 2 is 1.63 bits per heavy atom. The maximum Gasteiger partial charge on any atom is 0.166 e. The highest BCUT2D eigenvalue weighted by Gasteiger charge is 2.07. The summed E-state index contributed by atoms with van der Waals surface area (Å²) in [6.07, 6.45) is 0.401. The largest absolute Gasteiger partial charge is 0.493 e. The third-order valence-electron chi connectivity index (χ3n) is 2.88. The van der Waals surface area contributed by atoms with E-state index in [0.717, 1.165) is 22.4 Å². The Bertz CT molecular complexity index is 538. The van der Waals surface area contributed by atoms with Gasteiger partial charge >= 0.3 is 0 Å². The minimum absolute atomic E-state index is 0.128. The minimum Gasteiger partial charge on any atom is -0.493 e. The van der Waals surface area contributed by atoms with Crippen LogP contribution >= 0.6 is 0 Å². The normalized spacial score (nSPS) is 10.2. The Kier molecular flexibility index (Phi) is 4.35. The Hall–Kier alpha value is -2.09. The van der Waals surface area contributed by atoms with Crippen LogP contribution in [0.2, 0.25) is 0 Å². The fourth-order valence-corrected chi connectivity index (χ4v) is 2.06. The molecule has 0 amide bonds. The summed E-state index contributed by atoms with van der Waals surface area (Å²) in [5, 5.41) is 0. The number of ether oxygens (including phenoxy) is 1. The molecule has 0 radical (unpaired) electrons. The zero-order chi connectivity index (χ0) is 13.7. The molecule has 0 aromatic heterocycles. The number of rotatable bonds is 5. The van der Waals surface area contributed by atoms with Crippen molar-refractivity contribution >= 4 is 5.78 Å². The molecule has 0 aliphatic rings. The fourth-order valence-electron chi connectivity index (χ4n) is 2.06. The van der Waals surface area contributed by atoms with Crippen molar-refractivity contribution in [3.8, 4) is 5.75 Å². The molecule has 0 saturated carbocycles. The second kappa shape index (κ2) is 6.19. The van der Waals surface area contributed by atoms with Crippen molar-refractivity contribution in [1.29, 1.82) is 0 Å². The maximum atomic E-state index is 12.1. The molecular formula is C17H18O2. The molecule has 2 aromatic carbocycles.